The molecule has 7 nitrogen and oxygen atoms in total. The summed E-state index contributed by atoms with van der Waals surface area (Å²) in [6, 6.07) is 3.31. The highest BCUT2D eigenvalue weighted by Gasteiger charge is 2.34. The first-order valence-electron chi connectivity index (χ1n) is 10.3. The highest BCUT2D eigenvalue weighted by atomic mass is 35.5. The molecule has 1 saturated carbocycles. The fourth-order valence-electron chi connectivity index (χ4n) is 3.64. The molecule has 11 heteroatoms. The molecule has 33 heavy (non-hydrogen) atoms. The first kappa shape index (κ1) is 21.6. The molecule has 1 atom stereocenters. The molecule has 1 aromatic carbocycles. The number of nitrogens with zero attached hydrogens (tertiary/aromatic N) is 6. The molecule has 1 fully saturated rings. The second-order valence-electron chi connectivity index (χ2n) is 7.93. The number of alkyl halides is 3. The summed E-state index contributed by atoms with van der Waals surface area (Å²) in [6.45, 7) is 2.51. The number of anilines is 1. The molecule has 4 aromatic rings. The van der Waals surface area contributed by atoms with E-state index in [1.165, 1.54) is 0 Å². The van der Waals surface area contributed by atoms with Crippen molar-refractivity contribution in [1.82, 2.24) is 24.9 Å². The maximum absolute atomic E-state index is 13.2. The Hall–Kier alpha value is -3.27. The molecule has 0 spiro atoms. The largest absolute Gasteiger partial charge is 0.422 e. The molecule has 1 aliphatic rings. The molecule has 1 unspecified atom stereocenters. The molecule has 0 amide bonds. The van der Waals surface area contributed by atoms with Gasteiger partial charge in [0.2, 0.25) is 0 Å². The van der Waals surface area contributed by atoms with Crippen LogP contribution in [-0.2, 0) is 6.18 Å². The van der Waals surface area contributed by atoms with Gasteiger partial charge in [-0.1, -0.05) is 11.6 Å². The molecular weight excluding hydrogens is 457 g/mol. The number of fused-ring (bicyclic) bond motifs is 1. The molecule has 5 rings (SSSR count). The van der Waals surface area contributed by atoms with Crippen molar-refractivity contribution in [1.29, 1.82) is 0 Å². The lowest BCUT2D eigenvalue weighted by Gasteiger charge is -2.28. The van der Waals surface area contributed by atoms with Gasteiger partial charge in [0.1, 0.15) is 11.2 Å². The van der Waals surface area contributed by atoms with Gasteiger partial charge in [-0.25, -0.2) is 15.0 Å². The van der Waals surface area contributed by atoms with Gasteiger partial charge >= 0.3 is 6.18 Å². The first-order chi connectivity index (χ1) is 15.8. The van der Waals surface area contributed by atoms with Crippen LogP contribution in [0, 0.1) is 5.92 Å². The monoisotopic (exact) mass is 474 g/mol. The van der Waals surface area contributed by atoms with Crippen molar-refractivity contribution in [2.45, 2.75) is 32.0 Å². The van der Waals surface area contributed by atoms with Crippen molar-refractivity contribution in [3.05, 3.63) is 59.3 Å². The third kappa shape index (κ3) is 4.35. The summed E-state index contributed by atoms with van der Waals surface area (Å²) < 4.78 is 45.6. The average Bonchev–Trinajstić information content (AvgIpc) is 3.53. The van der Waals surface area contributed by atoms with E-state index in [4.69, 9.17) is 16.0 Å². The van der Waals surface area contributed by atoms with Crippen LogP contribution in [0.5, 0.6) is 0 Å². The quantitative estimate of drug-likeness (QED) is 0.353. The fraction of sp³-hybridized carbons (Fsp3) is 0.318. The maximum Gasteiger partial charge on any atom is 0.416 e. The lowest BCUT2D eigenvalue weighted by Crippen LogP contribution is -2.30. The van der Waals surface area contributed by atoms with Gasteiger partial charge in [0.25, 0.3) is 6.01 Å². The Kier molecular flexibility index (Phi) is 5.40. The summed E-state index contributed by atoms with van der Waals surface area (Å²) in [4.78, 5) is 23.8. The van der Waals surface area contributed by atoms with Crippen LogP contribution in [0.1, 0.15) is 37.1 Å². The second-order valence-corrected chi connectivity index (χ2v) is 8.34. The van der Waals surface area contributed by atoms with Gasteiger partial charge < -0.3 is 9.32 Å². The Morgan fingerprint density at radius 2 is 1.82 bits per heavy atom. The molecule has 0 radical (unpaired) electrons. The summed E-state index contributed by atoms with van der Waals surface area (Å²) in [7, 11) is 0. The van der Waals surface area contributed by atoms with Gasteiger partial charge in [0.05, 0.1) is 22.3 Å². The average molecular weight is 475 g/mol. The van der Waals surface area contributed by atoms with Crippen molar-refractivity contribution in [3.63, 3.8) is 0 Å². The lowest BCUT2D eigenvalue weighted by molar-refractivity contribution is -0.137. The number of aromatic nitrogens is 5. The van der Waals surface area contributed by atoms with Crippen molar-refractivity contribution in [2.24, 2.45) is 5.92 Å². The van der Waals surface area contributed by atoms with Gasteiger partial charge in [-0.15, -0.1) is 0 Å². The van der Waals surface area contributed by atoms with E-state index in [1.54, 1.807) is 30.9 Å². The number of hydrogen-bond donors (Lipinski definition) is 0. The zero-order valence-corrected chi connectivity index (χ0v) is 18.2. The maximum atomic E-state index is 13.2. The SMILES string of the molecule is CC(c1nccnc1-c1ncccn1)N(CC1CC1)c1nc2cc(C(F)(F)F)cc(Cl)c2o1. The van der Waals surface area contributed by atoms with E-state index >= 15 is 0 Å². The Balaban J connectivity index is 1.58. The van der Waals surface area contributed by atoms with Crippen molar-refractivity contribution < 1.29 is 17.6 Å². The van der Waals surface area contributed by atoms with E-state index in [0.717, 1.165) is 25.0 Å². The summed E-state index contributed by atoms with van der Waals surface area (Å²) in [5.41, 5.74) is 0.398. The minimum Gasteiger partial charge on any atom is -0.422 e. The number of hydrogen-bond acceptors (Lipinski definition) is 7. The third-order valence-electron chi connectivity index (χ3n) is 5.53. The minimum atomic E-state index is -4.54. The molecule has 3 aromatic heterocycles. The molecule has 0 aliphatic heterocycles. The van der Waals surface area contributed by atoms with E-state index < -0.39 is 11.7 Å². The third-order valence-corrected chi connectivity index (χ3v) is 5.81. The van der Waals surface area contributed by atoms with Crippen molar-refractivity contribution in [2.75, 3.05) is 11.4 Å². The van der Waals surface area contributed by atoms with E-state index in [0.29, 0.717) is 29.7 Å². The zero-order chi connectivity index (χ0) is 23.2. The van der Waals surface area contributed by atoms with Gasteiger partial charge in [0, 0.05) is 31.3 Å². The topological polar surface area (TPSA) is 80.8 Å². The standard InChI is InChI=1S/C22H18ClF3N6O/c1-12(17-18(28-8-7-27-17)20-29-5-2-6-30-20)32(11-13-3-4-13)21-31-16-10-14(22(24,25)26)9-15(23)19(16)33-21/h2,5-10,12-13H,3-4,11H2,1H3. The molecule has 0 bridgehead atoms. The lowest BCUT2D eigenvalue weighted by atomic mass is 10.1. The van der Waals surface area contributed by atoms with Gasteiger partial charge in [-0.05, 0) is 43.9 Å². The Morgan fingerprint density at radius 1 is 1.09 bits per heavy atom. The molecular formula is C22H18ClF3N6O. The van der Waals surface area contributed by atoms with Crippen LogP contribution in [0.15, 0.2) is 47.4 Å². The number of rotatable bonds is 6. The van der Waals surface area contributed by atoms with Crippen molar-refractivity contribution >= 4 is 28.7 Å². The second kappa shape index (κ2) is 8.26. The van der Waals surface area contributed by atoms with Crippen LogP contribution in [-0.4, -0.2) is 31.5 Å². The van der Waals surface area contributed by atoms with Crippen LogP contribution in [0.2, 0.25) is 5.02 Å². The molecule has 1 aliphatic carbocycles. The predicted molar refractivity (Wildman–Crippen MR) is 116 cm³/mol. The Morgan fingerprint density at radius 3 is 2.52 bits per heavy atom. The van der Waals surface area contributed by atoms with Crippen molar-refractivity contribution in [3.8, 4) is 11.5 Å². The van der Waals surface area contributed by atoms with Crippen LogP contribution in [0.3, 0.4) is 0 Å². The molecule has 0 N–H and O–H groups in total. The fourth-order valence-corrected chi connectivity index (χ4v) is 3.90. The van der Waals surface area contributed by atoms with Gasteiger partial charge in [-0.3, -0.25) is 4.98 Å². The van der Waals surface area contributed by atoms with Crippen LogP contribution >= 0.6 is 11.6 Å². The molecule has 3 heterocycles. The van der Waals surface area contributed by atoms with E-state index in [-0.39, 0.29) is 28.2 Å². The van der Waals surface area contributed by atoms with E-state index in [2.05, 4.69) is 24.9 Å². The van der Waals surface area contributed by atoms with Crippen LogP contribution in [0.25, 0.3) is 22.6 Å². The number of halogens is 4. The highest BCUT2D eigenvalue weighted by molar-refractivity contribution is 6.34. The van der Waals surface area contributed by atoms with Gasteiger partial charge in [-0.2, -0.15) is 18.2 Å². The Bertz CT molecular complexity index is 1290. The zero-order valence-electron chi connectivity index (χ0n) is 17.4. The summed E-state index contributed by atoms with van der Waals surface area (Å²) >= 11 is 6.12. The van der Waals surface area contributed by atoms with Crippen LogP contribution < -0.4 is 4.90 Å². The number of benzene rings is 1. The first-order valence-corrected chi connectivity index (χ1v) is 10.7. The van der Waals surface area contributed by atoms with Gasteiger partial charge in [0.15, 0.2) is 11.4 Å². The summed E-state index contributed by atoms with van der Waals surface area (Å²) in [5.74, 6) is 0.853. The van der Waals surface area contributed by atoms with E-state index in [9.17, 15) is 13.2 Å². The van der Waals surface area contributed by atoms with E-state index in [1.807, 2.05) is 11.8 Å². The predicted octanol–water partition coefficient (Wildman–Crippen LogP) is 5.72. The Labute approximate surface area is 191 Å². The molecule has 0 saturated heterocycles. The minimum absolute atomic E-state index is 0.0450. The van der Waals surface area contributed by atoms with Crippen LogP contribution in [0.4, 0.5) is 19.2 Å². The smallest absolute Gasteiger partial charge is 0.416 e. The summed E-state index contributed by atoms with van der Waals surface area (Å²) in [5, 5.41) is -0.143. The molecule has 170 valence electrons. The normalized spacial score (nSPS) is 15.1. The highest BCUT2D eigenvalue weighted by Crippen LogP contribution is 2.40. The number of oxazole rings is 1. The summed E-state index contributed by atoms with van der Waals surface area (Å²) in [6.07, 6.45) is 3.94.